The molecule has 5 heteroatoms. The second-order valence-electron chi connectivity index (χ2n) is 3.13. The Labute approximate surface area is 122 Å². The van der Waals surface area contributed by atoms with E-state index in [0.29, 0.717) is 19.0 Å². The number of hydrogen-bond acceptors (Lipinski definition) is 5. The molecule has 112 valence electrons. The molecule has 0 aliphatic heterocycles. The first-order valence-corrected chi connectivity index (χ1v) is 7.96. The molecule has 0 bridgehead atoms. The number of aromatic nitrogens is 1. The third kappa shape index (κ3) is 12.0. The molecule has 1 N–H and O–H groups in total. The molecule has 0 unspecified atom stereocenters. The maximum Gasteiger partial charge on any atom is 0.213 e. The summed E-state index contributed by atoms with van der Waals surface area (Å²) in [4.78, 5) is 4.11. The number of hydroxylamine groups is 1. The summed E-state index contributed by atoms with van der Waals surface area (Å²) in [5.41, 5.74) is 1.12. The van der Waals surface area contributed by atoms with Crippen molar-refractivity contribution in [3.05, 3.63) is 23.9 Å². The predicted molar refractivity (Wildman–Crippen MR) is 83.8 cm³/mol. The minimum absolute atomic E-state index is 0.563. The summed E-state index contributed by atoms with van der Waals surface area (Å²) in [5, 5.41) is 9.12. The van der Waals surface area contributed by atoms with E-state index in [1.165, 1.54) is 16.4 Å². The fourth-order valence-corrected chi connectivity index (χ4v) is 1.32. The van der Waals surface area contributed by atoms with Crippen molar-refractivity contribution in [3.63, 3.8) is 0 Å². The Morgan fingerprint density at radius 1 is 1.26 bits per heavy atom. The number of rotatable bonds is 6. The van der Waals surface area contributed by atoms with Crippen molar-refractivity contribution < 1.29 is 9.94 Å². The highest BCUT2D eigenvalue weighted by Gasteiger charge is 1.98. The lowest BCUT2D eigenvalue weighted by atomic mass is 10.3. The highest BCUT2D eigenvalue weighted by atomic mass is 32.2. The summed E-state index contributed by atoms with van der Waals surface area (Å²) in [7, 11) is 0. The van der Waals surface area contributed by atoms with Crippen LogP contribution >= 0.6 is 11.9 Å². The van der Waals surface area contributed by atoms with Gasteiger partial charge in [0.1, 0.15) is 0 Å². The van der Waals surface area contributed by atoms with Crippen LogP contribution in [0.1, 0.15) is 39.7 Å². The van der Waals surface area contributed by atoms with Crippen molar-refractivity contribution in [3.8, 4) is 5.88 Å². The molecule has 0 saturated carbocycles. The van der Waals surface area contributed by atoms with Crippen LogP contribution in [0, 0.1) is 6.92 Å². The molecule has 19 heavy (non-hydrogen) atoms. The van der Waals surface area contributed by atoms with Gasteiger partial charge in [0.05, 0.1) is 6.61 Å². The molecule has 4 nitrogen and oxygen atoms in total. The molecule has 0 radical (unpaired) electrons. The molecule has 0 fully saturated rings. The summed E-state index contributed by atoms with van der Waals surface area (Å²) >= 11 is 1.29. The highest BCUT2D eigenvalue weighted by Crippen LogP contribution is 2.07. The van der Waals surface area contributed by atoms with Crippen molar-refractivity contribution in [2.75, 3.05) is 19.4 Å². The summed E-state index contributed by atoms with van der Waals surface area (Å²) in [6, 6.07) is 3.81. The Morgan fingerprint density at radius 2 is 1.89 bits per heavy atom. The Kier molecular flexibility index (Phi) is 16.5. The lowest BCUT2D eigenvalue weighted by Crippen LogP contribution is -2.14. The van der Waals surface area contributed by atoms with Gasteiger partial charge in [-0.15, -0.1) is 4.47 Å². The third-order valence-corrected chi connectivity index (χ3v) is 2.44. The Hall–Kier alpha value is -0.780. The van der Waals surface area contributed by atoms with E-state index in [2.05, 4.69) is 4.98 Å². The second kappa shape index (κ2) is 15.3. The fraction of sp³-hybridized carbons (Fsp3) is 0.643. The standard InChI is InChI=1S/C10H16N2O2S.2C2H6/c1-9-4-5-10(11-8-9)14-7-3-6-12(13)15-2;2*1-2/h4-5,8,13H,3,6-7H2,1-2H3;2*1-2H3. The molecule has 0 aromatic carbocycles. The van der Waals surface area contributed by atoms with Crippen molar-refractivity contribution in [1.29, 1.82) is 0 Å². The first kappa shape index (κ1) is 20.5. The van der Waals surface area contributed by atoms with E-state index in [1.807, 2.05) is 53.0 Å². The van der Waals surface area contributed by atoms with Gasteiger partial charge in [0.2, 0.25) is 5.88 Å². The SMILES string of the molecule is CC.CC.CSN(O)CCCOc1ccc(C)cn1. The maximum atomic E-state index is 9.12. The molecule has 0 spiro atoms. The van der Waals surface area contributed by atoms with Gasteiger partial charge in [-0.1, -0.05) is 45.7 Å². The van der Waals surface area contributed by atoms with Gasteiger partial charge in [-0.05, 0) is 25.2 Å². The summed E-state index contributed by atoms with van der Waals surface area (Å²) < 4.78 is 6.58. The Morgan fingerprint density at radius 3 is 2.37 bits per heavy atom. The zero-order chi connectivity index (χ0) is 15.1. The van der Waals surface area contributed by atoms with Crippen molar-refractivity contribution in [1.82, 2.24) is 9.45 Å². The molecule has 0 amide bonds. The van der Waals surface area contributed by atoms with E-state index in [9.17, 15) is 0 Å². The van der Waals surface area contributed by atoms with Crippen LogP contribution in [0.25, 0.3) is 0 Å². The summed E-state index contributed by atoms with van der Waals surface area (Å²) in [6.45, 7) is 11.1. The molecular weight excluding hydrogens is 260 g/mol. The average molecular weight is 288 g/mol. The lowest BCUT2D eigenvalue weighted by molar-refractivity contribution is 0.0135. The average Bonchev–Trinajstić information content (AvgIpc) is 2.49. The van der Waals surface area contributed by atoms with E-state index in [-0.39, 0.29) is 0 Å². The summed E-state index contributed by atoms with van der Waals surface area (Å²) in [5.74, 6) is 0.634. The molecule has 1 aromatic heterocycles. The molecule has 1 heterocycles. The minimum atomic E-state index is 0.563. The van der Waals surface area contributed by atoms with Crippen LogP contribution in [0.4, 0.5) is 0 Å². The van der Waals surface area contributed by atoms with Gasteiger partial charge >= 0.3 is 0 Å². The van der Waals surface area contributed by atoms with Crippen LogP contribution < -0.4 is 4.74 Å². The number of hydrogen-bond donors (Lipinski definition) is 1. The molecule has 0 saturated heterocycles. The predicted octanol–water partition coefficient (Wildman–Crippen LogP) is 4.18. The normalized spacial score (nSPS) is 9.05. The van der Waals surface area contributed by atoms with E-state index in [4.69, 9.17) is 9.94 Å². The number of ether oxygens (including phenoxy) is 1. The number of nitrogens with zero attached hydrogens (tertiary/aromatic N) is 2. The van der Waals surface area contributed by atoms with Crippen LogP contribution in [0.15, 0.2) is 18.3 Å². The van der Waals surface area contributed by atoms with E-state index in [0.717, 1.165) is 12.0 Å². The van der Waals surface area contributed by atoms with Gasteiger partial charge < -0.3 is 9.94 Å². The zero-order valence-electron chi connectivity index (χ0n) is 13.0. The summed E-state index contributed by atoms with van der Waals surface area (Å²) in [6.07, 6.45) is 4.37. The van der Waals surface area contributed by atoms with Gasteiger partial charge in [0.15, 0.2) is 0 Å². The van der Waals surface area contributed by atoms with Crippen LogP contribution in [0.5, 0.6) is 5.88 Å². The molecule has 1 rings (SSSR count). The van der Waals surface area contributed by atoms with Crippen molar-refractivity contribution in [2.24, 2.45) is 0 Å². The van der Waals surface area contributed by atoms with Crippen LogP contribution in [0.3, 0.4) is 0 Å². The van der Waals surface area contributed by atoms with Crippen LogP contribution in [0.2, 0.25) is 0 Å². The number of pyridine rings is 1. The smallest absolute Gasteiger partial charge is 0.213 e. The monoisotopic (exact) mass is 288 g/mol. The van der Waals surface area contributed by atoms with Gasteiger partial charge in [-0.2, -0.15) is 0 Å². The topological polar surface area (TPSA) is 45.6 Å². The van der Waals surface area contributed by atoms with Gasteiger partial charge in [-0.25, -0.2) is 4.98 Å². The van der Waals surface area contributed by atoms with E-state index < -0.39 is 0 Å². The second-order valence-corrected chi connectivity index (χ2v) is 3.92. The molecular formula is C14H28N2O2S. The molecule has 0 aliphatic rings. The molecule has 1 aromatic rings. The van der Waals surface area contributed by atoms with E-state index in [1.54, 1.807) is 6.20 Å². The third-order valence-electron chi connectivity index (χ3n) is 1.84. The molecule has 0 atom stereocenters. The fourth-order valence-electron chi connectivity index (χ4n) is 1.01. The number of aryl methyl sites for hydroxylation is 1. The Bertz CT molecular complexity index is 281. The quantitative estimate of drug-likeness (QED) is 0.483. The largest absolute Gasteiger partial charge is 0.478 e. The van der Waals surface area contributed by atoms with E-state index >= 15 is 0 Å². The van der Waals surface area contributed by atoms with Crippen molar-refractivity contribution >= 4 is 11.9 Å². The molecule has 0 aliphatic carbocycles. The first-order chi connectivity index (χ1) is 9.22. The minimum Gasteiger partial charge on any atom is -0.478 e. The van der Waals surface area contributed by atoms with Crippen LogP contribution in [-0.4, -0.2) is 34.1 Å². The lowest BCUT2D eigenvalue weighted by Gasteiger charge is -2.10. The highest BCUT2D eigenvalue weighted by molar-refractivity contribution is 7.96. The Balaban J connectivity index is 0. The van der Waals surface area contributed by atoms with Crippen LogP contribution in [-0.2, 0) is 0 Å². The van der Waals surface area contributed by atoms with Crippen molar-refractivity contribution in [2.45, 2.75) is 41.0 Å². The van der Waals surface area contributed by atoms with Gasteiger partial charge in [0, 0.05) is 18.8 Å². The van der Waals surface area contributed by atoms with Gasteiger partial charge in [-0.3, -0.25) is 0 Å². The first-order valence-electron chi connectivity index (χ1n) is 6.78. The zero-order valence-corrected chi connectivity index (χ0v) is 13.8. The van der Waals surface area contributed by atoms with Gasteiger partial charge in [0.25, 0.3) is 0 Å². The maximum absolute atomic E-state index is 9.12.